The molecule has 1 fully saturated rings. The number of nitrogens with zero attached hydrogens (tertiary/aromatic N) is 3. The van der Waals surface area contributed by atoms with Crippen LogP contribution in [0.3, 0.4) is 0 Å². The van der Waals surface area contributed by atoms with E-state index in [0.717, 1.165) is 55.5 Å². The molecule has 1 saturated heterocycles. The highest BCUT2D eigenvalue weighted by Gasteiger charge is 2.26. The number of fused-ring (bicyclic) bond motifs is 1. The number of imidazole rings is 1. The zero-order valence-electron chi connectivity index (χ0n) is 16.7. The van der Waals surface area contributed by atoms with Crippen LogP contribution in [0, 0.1) is 0 Å². The van der Waals surface area contributed by atoms with E-state index in [4.69, 9.17) is 4.98 Å². The minimum absolute atomic E-state index is 0.305. The second-order valence-corrected chi connectivity index (χ2v) is 7.86. The zero-order valence-corrected chi connectivity index (χ0v) is 16.7. The molecule has 146 valence electrons. The standard InChI is InChI=1S/C24H29N3O/c1-26-22-14-6-5-13-21(22)25-23(26)15-9-16-24(28)27-17-8-7-12-20(27)18-19-10-3-2-4-11-19/h2-6,10-11,13-14,20H,7-9,12,15-18H2,1H3. The van der Waals surface area contributed by atoms with Crippen LogP contribution >= 0.6 is 0 Å². The van der Waals surface area contributed by atoms with Gasteiger partial charge in [-0.3, -0.25) is 4.79 Å². The minimum Gasteiger partial charge on any atom is -0.339 e. The van der Waals surface area contributed by atoms with Crippen LogP contribution in [-0.4, -0.2) is 32.9 Å². The molecular weight excluding hydrogens is 346 g/mol. The molecule has 4 heteroatoms. The van der Waals surface area contributed by atoms with Gasteiger partial charge in [0.2, 0.25) is 5.91 Å². The molecular formula is C24H29N3O. The van der Waals surface area contributed by atoms with Crippen molar-refractivity contribution in [3.05, 3.63) is 66.0 Å². The van der Waals surface area contributed by atoms with Crippen molar-refractivity contribution in [2.24, 2.45) is 7.05 Å². The van der Waals surface area contributed by atoms with Gasteiger partial charge in [-0.05, 0) is 49.8 Å². The molecule has 1 unspecified atom stereocenters. The summed E-state index contributed by atoms with van der Waals surface area (Å²) in [6.45, 7) is 0.905. The zero-order chi connectivity index (χ0) is 19.3. The van der Waals surface area contributed by atoms with E-state index in [9.17, 15) is 4.79 Å². The fraction of sp³-hybridized carbons (Fsp3) is 0.417. The van der Waals surface area contributed by atoms with Crippen LogP contribution in [-0.2, 0) is 24.7 Å². The minimum atomic E-state index is 0.305. The number of piperidine rings is 1. The first-order valence-corrected chi connectivity index (χ1v) is 10.5. The van der Waals surface area contributed by atoms with E-state index >= 15 is 0 Å². The summed E-state index contributed by atoms with van der Waals surface area (Å²) in [5, 5.41) is 0. The third-order valence-corrected chi connectivity index (χ3v) is 5.93. The van der Waals surface area contributed by atoms with Crippen LogP contribution in [0.25, 0.3) is 11.0 Å². The number of benzene rings is 2. The van der Waals surface area contributed by atoms with Crippen molar-refractivity contribution in [2.45, 2.75) is 51.0 Å². The Morgan fingerprint density at radius 2 is 1.86 bits per heavy atom. The van der Waals surface area contributed by atoms with E-state index in [-0.39, 0.29) is 0 Å². The van der Waals surface area contributed by atoms with E-state index in [0.29, 0.717) is 18.4 Å². The predicted octanol–water partition coefficient (Wildman–Crippen LogP) is 4.52. The molecule has 0 N–H and O–H groups in total. The lowest BCUT2D eigenvalue weighted by atomic mass is 9.95. The van der Waals surface area contributed by atoms with Crippen LogP contribution in [0.4, 0.5) is 0 Å². The van der Waals surface area contributed by atoms with E-state index in [1.807, 2.05) is 24.3 Å². The van der Waals surface area contributed by atoms with Crippen molar-refractivity contribution in [3.8, 4) is 0 Å². The number of rotatable bonds is 6. The second-order valence-electron chi connectivity index (χ2n) is 7.86. The number of aromatic nitrogens is 2. The molecule has 0 saturated carbocycles. The Morgan fingerprint density at radius 3 is 2.68 bits per heavy atom. The molecule has 2 aromatic carbocycles. The summed E-state index contributed by atoms with van der Waals surface area (Å²) in [5.74, 6) is 1.37. The largest absolute Gasteiger partial charge is 0.339 e. The molecule has 3 aromatic rings. The Kier molecular flexibility index (Phi) is 5.75. The van der Waals surface area contributed by atoms with E-state index < -0.39 is 0 Å². The van der Waals surface area contributed by atoms with E-state index in [1.165, 1.54) is 12.0 Å². The van der Waals surface area contributed by atoms with Gasteiger partial charge in [0.1, 0.15) is 5.82 Å². The number of likely N-dealkylation sites (tertiary alicyclic amines) is 1. The lowest BCUT2D eigenvalue weighted by molar-refractivity contribution is -0.134. The summed E-state index contributed by atoms with van der Waals surface area (Å²) >= 11 is 0. The molecule has 1 aliphatic heterocycles. The first kappa shape index (κ1) is 18.7. The molecule has 0 radical (unpaired) electrons. The van der Waals surface area contributed by atoms with Gasteiger partial charge < -0.3 is 9.47 Å². The van der Waals surface area contributed by atoms with Gasteiger partial charge in [-0.15, -0.1) is 0 Å². The predicted molar refractivity (Wildman–Crippen MR) is 113 cm³/mol. The van der Waals surface area contributed by atoms with E-state index in [2.05, 4.69) is 46.8 Å². The summed E-state index contributed by atoms with van der Waals surface area (Å²) in [5.41, 5.74) is 3.51. The smallest absolute Gasteiger partial charge is 0.222 e. The Hall–Kier alpha value is -2.62. The lowest BCUT2D eigenvalue weighted by Gasteiger charge is -2.36. The average molecular weight is 376 g/mol. The summed E-state index contributed by atoms with van der Waals surface area (Å²) in [6, 6.07) is 19.1. The monoisotopic (exact) mass is 375 g/mol. The van der Waals surface area contributed by atoms with Crippen LogP contribution in [0.5, 0.6) is 0 Å². The van der Waals surface area contributed by atoms with Gasteiger partial charge in [0.15, 0.2) is 0 Å². The van der Waals surface area contributed by atoms with Gasteiger partial charge in [0, 0.05) is 32.5 Å². The first-order chi connectivity index (χ1) is 13.7. The van der Waals surface area contributed by atoms with Crippen LogP contribution in [0.15, 0.2) is 54.6 Å². The highest BCUT2D eigenvalue weighted by atomic mass is 16.2. The quantitative estimate of drug-likeness (QED) is 0.635. The van der Waals surface area contributed by atoms with Gasteiger partial charge in [-0.1, -0.05) is 42.5 Å². The maximum atomic E-state index is 12.9. The summed E-state index contributed by atoms with van der Waals surface area (Å²) in [7, 11) is 2.06. The number of carbonyl (C=O) groups excluding carboxylic acids is 1. The van der Waals surface area contributed by atoms with Gasteiger partial charge in [-0.2, -0.15) is 0 Å². The Labute approximate surface area is 167 Å². The number of hydrogen-bond acceptors (Lipinski definition) is 2. The number of hydrogen-bond donors (Lipinski definition) is 0. The topological polar surface area (TPSA) is 38.1 Å². The van der Waals surface area contributed by atoms with Crippen molar-refractivity contribution >= 4 is 16.9 Å². The van der Waals surface area contributed by atoms with Gasteiger partial charge in [0.05, 0.1) is 11.0 Å². The molecule has 1 aliphatic rings. The number of para-hydroxylation sites is 2. The molecule has 1 atom stereocenters. The van der Waals surface area contributed by atoms with Crippen molar-refractivity contribution in [1.82, 2.24) is 14.5 Å². The SMILES string of the molecule is Cn1c(CCCC(=O)N2CCCCC2Cc2ccccc2)nc2ccccc21. The van der Waals surface area contributed by atoms with Crippen LogP contribution in [0.2, 0.25) is 0 Å². The fourth-order valence-electron chi connectivity index (χ4n) is 4.39. The number of amides is 1. The third kappa shape index (κ3) is 4.11. The average Bonchev–Trinajstić information content (AvgIpc) is 3.05. The lowest BCUT2D eigenvalue weighted by Crippen LogP contribution is -2.44. The fourth-order valence-corrected chi connectivity index (χ4v) is 4.39. The Bertz CT molecular complexity index is 931. The van der Waals surface area contributed by atoms with Crippen LogP contribution < -0.4 is 0 Å². The highest BCUT2D eigenvalue weighted by molar-refractivity contribution is 5.77. The van der Waals surface area contributed by atoms with Gasteiger partial charge >= 0.3 is 0 Å². The van der Waals surface area contributed by atoms with E-state index in [1.54, 1.807) is 0 Å². The van der Waals surface area contributed by atoms with Crippen molar-refractivity contribution in [1.29, 1.82) is 0 Å². The van der Waals surface area contributed by atoms with Crippen molar-refractivity contribution in [3.63, 3.8) is 0 Å². The second kappa shape index (κ2) is 8.59. The molecule has 0 spiro atoms. The van der Waals surface area contributed by atoms with Crippen molar-refractivity contribution < 1.29 is 4.79 Å². The molecule has 2 heterocycles. The van der Waals surface area contributed by atoms with Crippen LogP contribution in [0.1, 0.15) is 43.5 Å². The van der Waals surface area contributed by atoms with Gasteiger partial charge in [-0.25, -0.2) is 4.98 Å². The van der Waals surface area contributed by atoms with Crippen molar-refractivity contribution in [2.75, 3.05) is 6.54 Å². The molecule has 1 amide bonds. The molecule has 0 bridgehead atoms. The Morgan fingerprint density at radius 1 is 1.07 bits per heavy atom. The molecule has 4 nitrogen and oxygen atoms in total. The maximum absolute atomic E-state index is 12.9. The number of aryl methyl sites for hydroxylation is 2. The molecule has 4 rings (SSSR count). The maximum Gasteiger partial charge on any atom is 0.222 e. The molecule has 1 aromatic heterocycles. The normalized spacial score (nSPS) is 17.2. The Balaban J connectivity index is 1.35. The van der Waals surface area contributed by atoms with Gasteiger partial charge in [0.25, 0.3) is 0 Å². The first-order valence-electron chi connectivity index (χ1n) is 10.5. The summed E-state index contributed by atoms with van der Waals surface area (Å²) in [4.78, 5) is 19.8. The molecule has 28 heavy (non-hydrogen) atoms. The third-order valence-electron chi connectivity index (χ3n) is 5.93. The highest BCUT2D eigenvalue weighted by Crippen LogP contribution is 2.22. The summed E-state index contributed by atoms with van der Waals surface area (Å²) in [6.07, 6.45) is 6.73. The summed E-state index contributed by atoms with van der Waals surface area (Å²) < 4.78 is 2.15. The molecule has 0 aliphatic carbocycles. The number of carbonyl (C=O) groups is 1.